The van der Waals surface area contributed by atoms with Crippen molar-refractivity contribution in [2.45, 2.75) is 25.7 Å². The molecule has 0 aromatic rings. The van der Waals surface area contributed by atoms with Gasteiger partial charge in [-0.05, 0) is 44.2 Å². The third-order valence-corrected chi connectivity index (χ3v) is 3.75. The van der Waals surface area contributed by atoms with Gasteiger partial charge >= 0.3 is 0 Å². The number of carbonyl (C=O) groups excluding carboxylic acids is 1. The van der Waals surface area contributed by atoms with Gasteiger partial charge in [0, 0.05) is 20.0 Å². The highest BCUT2D eigenvalue weighted by Gasteiger charge is 2.30. The van der Waals surface area contributed by atoms with Crippen LogP contribution in [-0.2, 0) is 4.79 Å². The van der Waals surface area contributed by atoms with Crippen molar-refractivity contribution in [1.29, 1.82) is 0 Å². The topological polar surface area (TPSA) is 32.3 Å². The van der Waals surface area contributed by atoms with E-state index in [1.807, 2.05) is 11.9 Å². The summed E-state index contributed by atoms with van der Waals surface area (Å²) in [6.07, 6.45) is 4.54. The Morgan fingerprint density at radius 3 is 2.57 bits per heavy atom. The van der Waals surface area contributed by atoms with Crippen LogP contribution in [-0.4, -0.2) is 37.5 Å². The lowest BCUT2D eigenvalue weighted by Crippen LogP contribution is -2.40. The zero-order chi connectivity index (χ0) is 9.97. The molecule has 0 aromatic heterocycles. The molecule has 0 aliphatic carbocycles. The normalized spacial score (nSPS) is 30.8. The summed E-state index contributed by atoms with van der Waals surface area (Å²) in [5.41, 5.74) is 0. The molecule has 3 heteroatoms. The zero-order valence-electron chi connectivity index (χ0n) is 8.96. The van der Waals surface area contributed by atoms with Gasteiger partial charge in [0.25, 0.3) is 0 Å². The van der Waals surface area contributed by atoms with Gasteiger partial charge in [-0.15, -0.1) is 0 Å². The second-order valence-electron chi connectivity index (χ2n) is 4.66. The van der Waals surface area contributed by atoms with E-state index in [4.69, 9.17) is 0 Å². The molecule has 14 heavy (non-hydrogen) atoms. The van der Waals surface area contributed by atoms with Crippen molar-refractivity contribution < 1.29 is 4.79 Å². The third-order valence-electron chi connectivity index (χ3n) is 3.75. The molecule has 0 bridgehead atoms. The number of amides is 1. The number of nitrogens with one attached hydrogen (secondary N) is 1. The first-order valence-corrected chi connectivity index (χ1v) is 5.72. The largest absolute Gasteiger partial charge is 0.346 e. The van der Waals surface area contributed by atoms with Crippen LogP contribution >= 0.6 is 0 Å². The lowest BCUT2D eigenvalue weighted by molar-refractivity contribution is -0.134. The smallest absolute Gasteiger partial charge is 0.222 e. The number of piperidine rings is 2. The third kappa shape index (κ3) is 2.08. The molecule has 2 saturated heterocycles. The van der Waals surface area contributed by atoms with Crippen molar-refractivity contribution in [3.05, 3.63) is 0 Å². The van der Waals surface area contributed by atoms with Crippen LogP contribution in [0, 0.1) is 11.8 Å². The summed E-state index contributed by atoms with van der Waals surface area (Å²) in [4.78, 5) is 13.4. The Bertz CT molecular complexity index is 211. The molecule has 2 heterocycles. The van der Waals surface area contributed by atoms with E-state index in [1.165, 1.54) is 19.3 Å². The molecule has 1 N–H and O–H groups in total. The minimum atomic E-state index is 0.347. The van der Waals surface area contributed by atoms with Crippen molar-refractivity contribution in [2.75, 3.05) is 26.7 Å². The second-order valence-corrected chi connectivity index (χ2v) is 4.66. The van der Waals surface area contributed by atoms with Gasteiger partial charge in [-0.1, -0.05) is 0 Å². The first kappa shape index (κ1) is 9.97. The summed E-state index contributed by atoms with van der Waals surface area (Å²) in [6, 6.07) is 0. The van der Waals surface area contributed by atoms with Crippen molar-refractivity contribution in [3.8, 4) is 0 Å². The molecular weight excluding hydrogens is 176 g/mol. The minimum absolute atomic E-state index is 0.347. The summed E-state index contributed by atoms with van der Waals surface area (Å²) in [5.74, 6) is 1.81. The summed E-state index contributed by atoms with van der Waals surface area (Å²) >= 11 is 0. The monoisotopic (exact) mass is 196 g/mol. The van der Waals surface area contributed by atoms with Crippen LogP contribution in [0.1, 0.15) is 25.7 Å². The Balaban J connectivity index is 1.88. The van der Waals surface area contributed by atoms with Gasteiger partial charge in [0.2, 0.25) is 5.91 Å². The maximum atomic E-state index is 11.6. The van der Waals surface area contributed by atoms with E-state index in [-0.39, 0.29) is 0 Å². The van der Waals surface area contributed by atoms with Gasteiger partial charge in [-0.2, -0.15) is 0 Å². The van der Waals surface area contributed by atoms with E-state index in [2.05, 4.69) is 5.32 Å². The average molecular weight is 196 g/mol. The van der Waals surface area contributed by atoms with Crippen LogP contribution < -0.4 is 5.32 Å². The Morgan fingerprint density at radius 1 is 1.21 bits per heavy atom. The van der Waals surface area contributed by atoms with Crippen molar-refractivity contribution in [3.63, 3.8) is 0 Å². The fourth-order valence-corrected chi connectivity index (χ4v) is 2.68. The maximum absolute atomic E-state index is 11.6. The average Bonchev–Trinajstić information content (AvgIpc) is 2.23. The first-order valence-electron chi connectivity index (χ1n) is 5.72. The SMILES string of the molecule is CN1CC[C@H](C2CCNCC2)CC1=O. The van der Waals surface area contributed by atoms with Crippen LogP contribution in [0.2, 0.25) is 0 Å². The van der Waals surface area contributed by atoms with Crippen molar-refractivity contribution in [1.82, 2.24) is 10.2 Å². The molecule has 0 saturated carbocycles. The fraction of sp³-hybridized carbons (Fsp3) is 0.909. The number of hydrogen-bond acceptors (Lipinski definition) is 2. The molecule has 1 atom stereocenters. The molecule has 0 aromatic carbocycles. The van der Waals surface area contributed by atoms with Gasteiger partial charge in [0.15, 0.2) is 0 Å². The van der Waals surface area contributed by atoms with Crippen molar-refractivity contribution >= 4 is 5.91 Å². The molecule has 80 valence electrons. The summed E-state index contributed by atoms with van der Waals surface area (Å²) in [7, 11) is 1.92. The molecule has 0 unspecified atom stereocenters. The number of carbonyl (C=O) groups is 1. The summed E-state index contributed by atoms with van der Waals surface area (Å²) in [5, 5.41) is 3.38. The molecule has 0 radical (unpaired) electrons. The standard InChI is InChI=1S/C11H20N2O/c1-13-7-4-10(8-11(13)14)9-2-5-12-6-3-9/h9-10,12H,2-8H2,1H3/t10-/m0/s1. The molecule has 2 rings (SSSR count). The molecule has 0 spiro atoms. The predicted octanol–water partition coefficient (Wildman–Crippen LogP) is 0.854. The molecule has 3 nitrogen and oxygen atoms in total. The molecular formula is C11H20N2O. The number of hydrogen-bond donors (Lipinski definition) is 1. The zero-order valence-corrected chi connectivity index (χ0v) is 8.96. The lowest BCUT2D eigenvalue weighted by Gasteiger charge is -2.35. The van der Waals surface area contributed by atoms with E-state index in [0.29, 0.717) is 11.8 Å². The predicted molar refractivity (Wildman–Crippen MR) is 56.0 cm³/mol. The Morgan fingerprint density at radius 2 is 1.93 bits per heavy atom. The highest BCUT2D eigenvalue weighted by atomic mass is 16.2. The van der Waals surface area contributed by atoms with Gasteiger partial charge < -0.3 is 10.2 Å². The molecule has 2 aliphatic heterocycles. The van der Waals surface area contributed by atoms with E-state index >= 15 is 0 Å². The van der Waals surface area contributed by atoms with E-state index in [9.17, 15) is 4.79 Å². The highest BCUT2D eigenvalue weighted by molar-refractivity contribution is 5.76. The Labute approximate surface area is 85.8 Å². The van der Waals surface area contributed by atoms with Crippen LogP contribution in [0.15, 0.2) is 0 Å². The van der Waals surface area contributed by atoms with E-state index in [0.717, 1.165) is 32.0 Å². The van der Waals surface area contributed by atoms with Gasteiger partial charge in [-0.25, -0.2) is 0 Å². The lowest BCUT2D eigenvalue weighted by atomic mass is 9.79. The summed E-state index contributed by atoms with van der Waals surface area (Å²) in [6.45, 7) is 3.25. The van der Waals surface area contributed by atoms with Crippen LogP contribution in [0.3, 0.4) is 0 Å². The number of likely N-dealkylation sites (tertiary alicyclic amines) is 1. The first-order chi connectivity index (χ1) is 6.77. The number of nitrogens with zero attached hydrogens (tertiary/aromatic N) is 1. The van der Waals surface area contributed by atoms with Crippen LogP contribution in [0.4, 0.5) is 0 Å². The maximum Gasteiger partial charge on any atom is 0.222 e. The minimum Gasteiger partial charge on any atom is -0.346 e. The quantitative estimate of drug-likeness (QED) is 0.674. The summed E-state index contributed by atoms with van der Waals surface area (Å²) < 4.78 is 0. The van der Waals surface area contributed by atoms with E-state index < -0.39 is 0 Å². The van der Waals surface area contributed by atoms with Crippen LogP contribution in [0.5, 0.6) is 0 Å². The van der Waals surface area contributed by atoms with Gasteiger partial charge in [-0.3, -0.25) is 4.79 Å². The van der Waals surface area contributed by atoms with Gasteiger partial charge in [0.1, 0.15) is 0 Å². The van der Waals surface area contributed by atoms with Gasteiger partial charge in [0.05, 0.1) is 0 Å². The fourth-order valence-electron chi connectivity index (χ4n) is 2.68. The number of rotatable bonds is 1. The van der Waals surface area contributed by atoms with E-state index in [1.54, 1.807) is 0 Å². The second kappa shape index (κ2) is 4.30. The molecule has 1 amide bonds. The Hall–Kier alpha value is -0.570. The highest BCUT2D eigenvalue weighted by Crippen LogP contribution is 2.30. The van der Waals surface area contributed by atoms with Crippen LogP contribution in [0.25, 0.3) is 0 Å². The molecule has 2 aliphatic rings. The molecule has 2 fully saturated rings. The Kier molecular flexibility index (Phi) is 3.06. The van der Waals surface area contributed by atoms with Crippen molar-refractivity contribution in [2.24, 2.45) is 11.8 Å².